The SMILES string of the molecule is CCc1cc(OC)c(F)cc1-c1ccc2c(-c3nc4c(n3COCC[Si](C)(C)C)CN(C(=O)OC(C)(C)C)C(C(=O)O)C4)nn(C3CCCCO3)c2c1. The zero-order valence-corrected chi connectivity index (χ0v) is 33.1. The summed E-state index contributed by atoms with van der Waals surface area (Å²) in [5, 5.41) is 16.2. The standard InChI is InChI=1S/C39H52FN5O7Si/c1-9-24-19-33(49-5)28(40)20-27(24)25-13-14-26-30(18-25)45(34-12-10-11-15-51-34)42-35(26)36-41-29-21-31(37(46)47)43(38(48)52-39(2,3)4)22-32(29)44(36)23-50-16-17-53(6,7)8/h13-14,18-20,31,34H,9-12,15-17,21-23H2,1-8H3,(H,46,47). The molecule has 2 aliphatic rings. The van der Waals surface area contributed by atoms with Crippen LogP contribution in [0.25, 0.3) is 33.5 Å². The number of amides is 1. The van der Waals surface area contributed by atoms with Gasteiger partial charge in [0.1, 0.15) is 24.1 Å². The van der Waals surface area contributed by atoms with Gasteiger partial charge in [-0.2, -0.15) is 5.10 Å². The predicted octanol–water partition coefficient (Wildman–Crippen LogP) is 8.03. The molecule has 0 saturated carbocycles. The molecule has 0 radical (unpaired) electrons. The van der Waals surface area contributed by atoms with Gasteiger partial charge in [0.05, 0.1) is 30.6 Å². The van der Waals surface area contributed by atoms with Crippen LogP contribution in [0.5, 0.6) is 5.75 Å². The zero-order valence-electron chi connectivity index (χ0n) is 32.1. The van der Waals surface area contributed by atoms with Gasteiger partial charge in [-0.3, -0.25) is 4.90 Å². The number of carboxylic acids is 1. The number of rotatable bonds is 11. The Kier molecular flexibility index (Phi) is 11.0. The minimum atomic E-state index is -1.40. The van der Waals surface area contributed by atoms with Gasteiger partial charge in [0.15, 0.2) is 23.6 Å². The first kappa shape index (κ1) is 38.5. The van der Waals surface area contributed by atoms with Gasteiger partial charge < -0.3 is 28.6 Å². The van der Waals surface area contributed by atoms with Gasteiger partial charge in [-0.05, 0) is 93.5 Å². The molecule has 6 rings (SSSR count). The van der Waals surface area contributed by atoms with Crippen molar-refractivity contribution in [3.8, 4) is 28.4 Å². The summed E-state index contributed by atoms with van der Waals surface area (Å²) in [5.41, 5.74) is 4.35. The van der Waals surface area contributed by atoms with Crippen molar-refractivity contribution in [1.29, 1.82) is 0 Å². The summed E-state index contributed by atoms with van der Waals surface area (Å²) in [7, 11) is 0.0599. The highest BCUT2D eigenvalue weighted by Gasteiger charge is 2.40. The number of hydrogen-bond acceptors (Lipinski definition) is 8. The Morgan fingerprint density at radius 2 is 1.91 bits per heavy atom. The fourth-order valence-corrected chi connectivity index (χ4v) is 7.70. The van der Waals surface area contributed by atoms with E-state index in [4.69, 9.17) is 29.0 Å². The second-order valence-corrected chi connectivity index (χ2v) is 21.7. The lowest BCUT2D eigenvalue weighted by Gasteiger charge is -2.34. The van der Waals surface area contributed by atoms with E-state index < -0.39 is 37.6 Å². The van der Waals surface area contributed by atoms with Crippen LogP contribution in [-0.2, 0) is 45.1 Å². The monoisotopic (exact) mass is 749 g/mol. The molecular formula is C39H52FN5O7Si. The van der Waals surface area contributed by atoms with Gasteiger partial charge >= 0.3 is 12.1 Å². The molecule has 0 spiro atoms. The molecule has 14 heteroatoms. The molecule has 0 aliphatic carbocycles. The van der Waals surface area contributed by atoms with E-state index >= 15 is 4.39 Å². The summed E-state index contributed by atoms with van der Waals surface area (Å²) in [6, 6.07) is 9.02. The number of nitrogens with zero attached hydrogens (tertiary/aromatic N) is 5. The number of aliphatic carboxylic acids is 1. The minimum Gasteiger partial charge on any atom is -0.494 e. The average Bonchev–Trinajstić information content (AvgIpc) is 3.66. The number of carbonyl (C=O) groups is 2. The van der Waals surface area contributed by atoms with Crippen LogP contribution >= 0.6 is 0 Å². The molecule has 4 heterocycles. The number of hydrogen-bond donors (Lipinski definition) is 1. The van der Waals surface area contributed by atoms with Crippen LogP contribution in [0.15, 0.2) is 30.3 Å². The number of carbonyl (C=O) groups excluding carboxylic acids is 1. The van der Waals surface area contributed by atoms with E-state index in [9.17, 15) is 14.7 Å². The van der Waals surface area contributed by atoms with Crippen molar-refractivity contribution in [2.75, 3.05) is 20.3 Å². The second-order valence-electron chi connectivity index (χ2n) is 16.1. The Morgan fingerprint density at radius 3 is 2.55 bits per heavy atom. The smallest absolute Gasteiger partial charge is 0.411 e. The lowest BCUT2D eigenvalue weighted by Crippen LogP contribution is -2.50. The maximum atomic E-state index is 15.1. The van der Waals surface area contributed by atoms with Crippen LogP contribution in [0, 0.1) is 5.82 Å². The number of ether oxygens (including phenoxy) is 4. The predicted molar refractivity (Wildman–Crippen MR) is 202 cm³/mol. The van der Waals surface area contributed by atoms with Crippen LogP contribution in [0.3, 0.4) is 0 Å². The Labute approximate surface area is 311 Å². The first-order valence-electron chi connectivity index (χ1n) is 18.5. The van der Waals surface area contributed by atoms with Crippen molar-refractivity contribution in [2.24, 2.45) is 0 Å². The maximum Gasteiger partial charge on any atom is 0.411 e. The van der Waals surface area contributed by atoms with E-state index in [1.54, 1.807) is 26.8 Å². The Bertz CT molecular complexity index is 1990. The first-order chi connectivity index (χ1) is 25.1. The number of halogens is 1. The second kappa shape index (κ2) is 15.2. The van der Waals surface area contributed by atoms with Crippen molar-refractivity contribution in [3.05, 3.63) is 53.1 Å². The Morgan fingerprint density at radius 1 is 1.13 bits per heavy atom. The van der Waals surface area contributed by atoms with E-state index in [0.717, 1.165) is 52.9 Å². The number of aromatic nitrogens is 4. The summed E-state index contributed by atoms with van der Waals surface area (Å²) in [5.74, 6) is -0.864. The average molecular weight is 750 g/mol. The fraction of sp³-hybridized carbons (Fsp3) is 0.538. The highest BCUT2D eigenvalue weighted by atomic mass is 28.3. The maximum absolute atomic E-state index is 15.1. The Hall–Kier alpha value is -4.27. The molecule has 2 aromatic heterocycles. The van der Waals surface area contributed by atoms with Crippen LogP contribution in [0.2, 0.25) is 25.7 Å². The minimum absolute atomic E-state index is 0.00380. The van der Waals surface area contributed by atoms with Gasteiger partial charge in [-0.25, -0.2) is 23.6 Å². The largest absolute Gasteiger partial charge is 0.494 e. The number of aryl methyl sites for hydroxylation is 1. The first-order valence-corrected chi connectivity index (χ1v) is 22.2. The molecule has 4 aromatic rings. The number of imidazole rings is 1. The molecule has 53 heavy (non-hydrogen) atoms. The molecular weight excluding hydrogens is 698 g/mol. The van der Waals surface area contributed by atoms with Gasteiger partial charge in [0.2, 0.25) is 0 Å². The molecule has 2 unspecified atom stereocenters. The molecule has 0 bridgehead atoms. The van der Waals surface area contributed by atoms with Crippen LogP contribution in [0.4, 0.5) is 9.18 Å². The summed E-state index contributed by atoms with van der Waals surface area (Å²) >= 11 is 0. The lowest BCUT2D eigenvalue weighted by atomic mass is 9.96. The van der Waals surface area contributed by atoms with Crippen LogP contribution in [-0.4, -0.2) is 81.4 Å². The molecule has 12 nitrogen and oxygen atoms in total. The molecule has 2 aliphatic heterocycles. The summed E-state index contributed by atoms with van der Waals surface area (Å²) in [6.07, 6.45) is 2.36. The van der Waals surface area contributed by atoms with Crippen molar-refractivity contribution < 1.29 is 38.0 Å². The summed E-state index contributed by atoms with van der Waals surface area (Å²) < 4.78 is 42.4. The van der Waals surface area contributed by atoms with E-state index in [1.165, 1.54) is 18.1 Å². The molecule has 1 fully saturated rings. The zero-order chi connectivity index (χ0) is 38.2. The highest BCUT2D eigenvalue weighted by Crippen LogP contribution is 2.39. The van der Waals surface area contributed by atoms with Crippen LogP contribution in [0.1, 0.15) is 70.1 Å². The fourth-order valence-electron chi connectivity index (χ4n) is 6.95. The van der Waals surface area contributed by atoms with E-state index in [1.807, 2.05) is 34.4 Å². The molecule has 286 valence electrons. The Balaban J connectivity index is 1.51. The number of methoxy groups -OCH3 is 1. The highest BCUT2D eigenvalue weighted by molar-refractivity contribution is 6.76. The van der Waals surface area contributed by atoms with Crippen LogP contribution < -0.4 is 4.74 Å². The van der Waals surface area contributed by atoms with Crippen molar-refractivity contribution >= 4 is 31.0 Å². The van der Waals surface area contributed by atoms with Gasteiger partial charge in [-0.1, -0.05) is 32.6 Å². The number of benzene rings is 2. The van der Waals surface area contributed by atoms with Gasteiger partial charge in [0, 0.05) is 33.1 Å². The summed E-state index contributed by atoms with van der Waals surface area (Å²) in [4.78, 5) is 32.3. The quantitative estimate of drug-likeness (QED) is 0.120. The van der Waals surface area contributed by atoms with Crippen molar-refractivity contribution in [3.63, 3.8) is 0 Å². The van der Waals surface area contributed by atoms with Crippen molar-refractivity contribution in [1.82, 2.24) is 24.2 Å². The molecule has 1 N–H and O–H groups in total. The molecule has 2 aromatic carbocycles. The third-order valence-electron chi connectivity index (χ3n) is 9.79. The lowest BCUT2D eigenvalue weighted by molar-refractivity contribution is -0.143. The topological polar surface area (TPSA) is 130 Å². The van der Waals surface area contributed by atoms with Crippen molar-refractivity contribution in [2.45, 2.75) is 117 Å². The third-order valence-corrected chi connectivity index (χ3v) is 11.5. The number of fused-ring (bicyclic) bond motifs is 2. The van der Waals surface area contributed by atoms with E-state index in [2.05, 4.69) is 19.6 Å². The van der Waals surface area contributed by atoms with E-state index in [0.29, 0.717) is 42.5 Å². The molecule has 1 saturated heterocycles. The normalized spacial score (nSPS) is 17.9. The summed E-state index contributed by atoms with van der Waals surface area (Å²) in [6.45, 7) is 15.4. The molecule has 2 atom stereocenters. The number of carboxylic acid groups (broad SMARTS) is 1. The van der Waals surface area contributed by atoms with E-state index in [-0.39, 0.29) is 31.7 Å². The third kappa shape index (κ3) is 8.29. The van der Waals surface area contributed by atoms with Gasteiger partial charge in [0.25, 0.3) is 0 Å². The van der Waals surface area contributed by atoms with Gasteiger partial charge in [-0.15, -0.1) is 0 Å². The molecule has 1 amide bonds.